The van der Waals surface area contributed by atoms with E-state index in [1.807, 2.05) is 24.3 Å². The second kappa shape index (κ2) is 9.17. The molecule has 10 heteroatoms. The fraction of sp³-hybridized carbons (Fsp3) is 0.364. The van der Waals surface area contributed by atoms with Gasteiger partial charge in [0.05, 0.1) is 32.1 Å². The average Bonchev–Trinajstić information content (AvgIpc) is 3.34. The van der Waals surface area contributed by atoms with Gasteiger partial charge in [0, 0.05) is 24.7 Å². The predicted molar refractivity (Wildman–Crippen MR) is 117 cm³/mol. The molecule has 0 radical (unpaired) electrons. The van der Waals surface area contributed by atoms with Crippen LogP contribution in [0, 0.1) is 0 Å². The Bertz CT molecular complexity index is 1180. The second-order valence-corrected chi connectivity index (χ2v) is 9.33. The van der Waals surface area contributed by atoms with E-state index < -0.39 is 10.0 Å². The van der Waals surface area contributed by atoms with Crippen LogP contribution in [-0.2, 0) is 10.0 Å². The first-order chi connectivity index (χ1) is 15.5. The highest BCUT2D eigenvalue weighted by molar-refractivity contribution is 7.89. The van der Waals surface area contributed by atoms with Crippen molar-refractivity contribution in [2.75, 3.05) is 34.4 Å². The monoisotopic (exact) mass is 459 g/mol. The minimum absolute atomic E-state index is 0.153. The normalized spacial score (nSPS) is 17.2. The Morgan fingerprint density at radius 1 is 0.969 bits per heavy atom. The van der Waals surface area contributed by atoms with Gasteiger partial charge in [0.2, 0.25) is 21.8 Å². The molecular weight excluding hydrogens is 434 g/mol. The predicted octanol–water partition coefficient (Wildman–Crippen LogP) is 3.33. The zero-order valence-corrected chi connectivity index (χ0v) is 19.0. The molecule has 0 bridgehead atoms. The van der Waals surface area contributed by atoms with E-state index >= 15 is 0 Å². The Morgan fingerprint density at radius 2 is 1.72 bits per heavy atom. The number of benzene rings is 2. The molecule has 0 saturated carbocycles. The van der Waals surface area contributed by atoms with E-state index in [-0.39, 0.29) is 17.4 Å². The summed E-state index contributed by atoms with van der Waals surface area (Å²) in [5.41, 5.74) is 0.773. The summed E-state index contributed by atoms with van der Waals surface area (Å²) in [5.74, 6) is 2.21. The lowest BCUT2D eigenvalue weighted by atomic mass is 10.00. The summed E-state index contributed by atoms with van der Waals surface area (Å²) in [6.07, 6.45) is 1.46. The summed E-state index contributed by atoms with van der Waals surface area (Å²) in [6, 6.07) is 11.9. The number of sulfonamides is 1. The van der Waals surface area contributed by atoms with Crippen LogP contribution in [0.15, 0.2) is 51.8 Å². The van der Waals surface area contributed by atoms with E-state index in [4.69, 9.17) is 18.6 Å². The summed E-state index contributed by atoms with van der Waals surface area (Å²) >= 11 is 0. The molecule has 2 heterocycles. The van der Waals surface area contributed by atoms with Gasteiger partial charge in [0.25, 0.3) is 0 Å². The number of aromatic nitrogens is 2. The Balaban J connectivity index is 1.54. The van der Waals surface area contributed by atoms with Crippen molar-refractivity contribution in [1.29, 1.82) is 0 Å². The van der Waals surface area contributed by atoms with E-state index in [0.717, 1.165) is 17.7 Å². The molecule has 1 saturated heterocycles. The van der Waals surface area contributed by atoms with Gasteiger partial charge in [-0.2, -0.15) is 4.31 Å². The van der Waals surface area contributed by atoms with E-state index in [1.54, 1.807) is 13.2 Å². The lowest BCUT2D eigenvalue weighted by Gasteiger charge is -2.30. The maximum atomic E-state index is 13.3. The van der Waals surface area contributed by atoms with Crippen molar-refractivity contribution in [2.24, 2.45) is 0 Å². The topological polar surface area (TPSA) is 104 Å². The van der Waals surface area contributed by atoms with Gasteiger partial charge in [-0.3, -0.25) is 0 Å². The third kappa shape index (κ3) is 4.28. The number of nitrogens with zero attached hydrogens (tertiary/aromatic N) is 3. The number of hydrogen-bond acceptors (Lipinski definition) is 8. The van der Waals surface area contributed by atoms with E-state index in [9.17, 15) is 8.42 Å². The first-order valence-electron chi connectivity index (χ1n) is 10.2. The van der Waals surface area contributed by atoms with Crippen molar-refractivity contribution >= 4 is 10.0 Å². The van der Waals surface area contributed by atoms with Gasteiger partial charge in [0.1, 0.15) is 5.75 Å². The number of piperidine rings is 1. The van der Waals surface area contributed by atoms with E-state index in [0.29, 0.717) is 36.2 Å². The van der Waals surface area contributed by atoms with Crippen LogP contribution in [0.2, 0.25) is 0 Å². The van der Waals surface area contributed by atoms with Crippen LogP contribution in [0.25, 0.3) is 11.5 Å². The fourth-order valence-electron chi connectivity index (χ4n) is 3.74. The molecular formula is C22H25N3O6S. The first kappa shape index (κ1) is 22.1. The zero-order chi connectivity index (χ0) is 22.7. The van der Waals surface area contributed by atoms with Crippen LogP contribution in [0.3, 0.4) is 0 Å². The van der Waals surface area contributed by atoms with Crippen molar-refractivity contribution in [2.45, 2.75) is 23.7 Å². The second-order valence-electron chi connectivity index (χ2n) is 7.39. The van der Waals surface area contributed by atoms with Gasteiger partial charge < -0.3 is 18.6 Å². The average molecular weight is 460 g/mol. The van der Waals surface area contributed by atoms with Crippen molar-refractivity contribution in [1.82, 2.24) is 14.5 Å². The lowest BCUT2D eigenvalue weighted by molar-refractivity contribution is 0.286. The van der Waals surface area contributed by atoms with Crippen LogP contribution >= 0.6 is 0 Å². The van der Waals surface area contributed by atoms with Crippen LogP contribution in [-0.4, -0.2) is 57.3 Å². The molecule has 3 aromatic rings. The zero-order valence-electron chi connectivity index (χ0n) is 18.1. The largest absolute Gasteiger partial charge is 0.497 e. The molecule has 1 atom stereocenters. The van der Waals surface area contributed by atoms with Crippen LogP contribution in [0.5, 0.6) is 17.2 Å². The quantitative estimate of drug-likeness (QED) is 0.530. The van der Waals surface area contributed by atoms with Crippen LogP contribution in [0.4, 0.5) is 0 Å². The molecule has 4 rings (SSSR count). The van der Waals surface area contributed by atoms with Gasteiger partial charge in [-0.1, -0.05) is 0 Å². The summed E-state index contributed by atoms with van der Waals surface area (Å²) in [4.78, 5) is 0.153. The summed E-state index contributed by atoms with van der Waals surface area (Å²) in [5, 5.41) is 8.34. The lowest BCUT2D eigenvalue weighted by Crippen LogP contribution is -2.39. The van der Waals surface area contributed by atoms with Crippen molar-refractivity contribution < 1.29 is 27.0 Å². The molecule has 1 unspecified atom stereocenters. The van der Waals surface area contributed by atoms with E-state index in [1.165, 1.54) is 30.7 Å². The minimum Gasteiger partial charge on any atom is -0.497 e. The molecule has 1 aliphatic heterocycles. The maximum absolute atomic E-state index is 13.3. The summed E-state index contributed by atoms with van der Waals surface area (Å²) in [7, 11) is 0.862. The van der Waals surface area contributed by atoms with Gasteiger partial charge in [0.15, 0.2) is 11.5 Å². The summed E-state index contributed by atoms with van der Waals surface area (Å²) in [6.45, 7) is 0.688. The highest BCUT2D eigenvalue weighted by Crippen LogP contribution is 2.34. The number of hydrogen-bond donors (Lipinski definition) is 0. The highest BCUT2D eigenvalue weighted by Gasteiger charge is 2.33. The molecule has 0 aliphatic carbocycles. The first-order valence-corrected chi connectivity index (χ1v) is 11.6. The van der Waals surface area contributed by atoms with Crippen molar-refractivity contribution in [3.05, 3.63) is 48.4 Å². The molecule has 170 valence electrons. The molecule has 1 fully saturated rings. The Hall–Kier alpha value is -3.11. The molecule has 32 heavy (non-hydrogen) atoms. The van der Waals surface area contributed by atoms with Gasteiger partial charge in [-0.15, -0.1) is 10.2 Å². The molecule has 1 aliphatic rings. The molecule has 9 nitrogen and oxygen atoms in total. The minimum atomic E-state index is -3.72. The summed E-state index contributed by atoms with van der Waals surface area (Å²) < 4.78 is 49.5. The molecule has 1 aromatic heterocycles. The standard InChI is InChI=1S/C22H25N3O6S/c1-28-17-8-6-15(7-9-17)21-23-24-22(31-21)16-5-4-12-25(14-16)32(26,27)18-10-11-19(29-2)20(13-18)30-3/h6-11,13,16H,4-5,12,14H2,1-3H3. The van der Waals surface area contributed by atoms with E-state index in [2.05, 4.69) is 10.2 Å². The molecule has 0 N–H and O–H groups in total. The molecule has 2 aromatic carbocycles. The maximum Gasteiger partial charge on any atom is 0.247 e. The van der Waals surface area contributed by atoms with Gasteiger partial charge in [-0.05, 0) is 49.2 Å². The molecule has 0 spiro atoms. The third-order valence-corrected chi connectivity index (χ3v) is 7.36. The highest BCUT2D eigenvalue weighted by atomic mass is 32.2. The van der Waals surface area contributed by atoms with Crippen molar-refractivity contribution in [3.63, 3.8) is 0 Å². The Morgan fingerprint density at radius 3 is 2.41 bits per heavy atom. The number of methoxy groups -OCH3 is 3. The Kier molecular flexibility index (Phi) is 6.33. The number of ether oxygens (including phenoxy) is 3. The van der Waals surface area contributed by atoms with Gasteiger partial charge >= 0.3 is 0 Å². The number of rotatable bonds is 7. The Labute approximate surface area is 187 Å². The smallest absolute Gasteiger partial charge is 0.247 e. The van der Waals surface area contributed by atoms with Gasteiger partial charge in [-0.25, -0.2) is 8.42 Å². The SMILES string of the molecule is COc1ccc(-c2nnc(C3CCCN(S(=O)(=O)c4ccc(OC)c(OC)c4)C3)o2)cc1. The van der Waals surface area contributed by atoms with Crippen LogP contribution in [0.1, 0.15) is 24.7 Å². The van der Waals surface area contributed by atoms with Crippen molar-refractivity contribution in [3.8, 4) is 28.7 Å². The fourth-order valence-corrected chi connectivity index (χ4v) is 5.28. The molecule has 0 amide bonds. The third-order valence-electron chi connectivity index (χ3n) is 5.50. The van der Waals surface area contributed by atoms with Crippen LogP contribution < -0.4 is 14.2 Å².